The quantitative estimate of drug-likeness (QED) is 0.747. The molecule has 2 saturated heterocycles. The molecule has 2 heterocycles. The molecular weight excluding hydrogens is 340 g/mol. The summed E-state index contributed by atoms with van der Waals surface area (Å²) in [7, 11) is -1.26. The first-order chi connectivity index (χ1) is 12.0. The average Bonchev–Trinajstić information content (AvgIpc) is 3.00. The second kappa shape index (κ2) is 7.58. The third kappa shape index (κ3) is 4.41. The van der Waals surface area contributed by atoms with Crippen LogP contribution in [0.1, 0.15) is 12.0 Å². The Labute approximate surface area is 149 Å². The van der Waals surface area contributed by atoms with Crippen LogP contribution < -0.4 is 4.74 Å². The number of hydrogen-bond donors (Lipinski definition) is 0. The van der Waals surface area contributed by atoms with Crippen LogP contribution in [0.2, 0.25) is 0 Å². The zero-order chi connectivity index (χ0) is 17.9. The van der Waals surface area contributed by atoms with Crippen molar-refractivity contribution in [3.05, 3.63) is 35.9 Å². The predicted octanol–water partition coefficient (Wildman–Crippen LogP) is 1.04. The maximum absolute atomic E-state index is 12.4. The molecule has 0 bridgehead atoms. The molecule has 2 aliphatic rings. The third-order valence-corrected chi connectivity index (χ3v) is 6.65. The normalized spacial score (nSPS) is 23.9. The van der Waals surface area contributed by atoms with Crippen LogP contribution in [0.4, 0.5) is 0 Å². The van der Waals surface area contributed by atoms with Crippen molar-refractivity contribution in [2.24, 2.45) is 0 Å². The highest BCUT2D eigenvalue weighted by Crippen LogP contribution is 2.20. The van der Waals surface area contributed by atoms with Crippen LogP contribution in [0.15, 0.2) is 30.3 Å². The lowest BCUT2D eigenvalue weighted by Crippen LogP contribution is -2.52. The number of rotatable bonds is 4. The highest BCUT2D eigenvalue weighted by atomic mass is 32.2. The van der Waals surface area contributed by atoms with Gasteiger partial charge in [0, 0.05) is 43.9 Å². The van der Waals surface area contributed by atoms with E-state index in [2.05, 4.69) is 4.90 Å². The number of para-hydroxylation sites is 1. The largest absolute Gasteiger partial charge is 0.496 e. The summed E-state index contributed by atoms with van der Waals surface area (Å²) in [5, 5.41) is 0. The fourth-order valence-electron chi connectivity index (χ4n) is 3.44. The van der Waals surface area contributed by atoms with Gasteiger partial charge in [-0.1, -0.05) is 18.2 Å². The number of benzene rings is 1. The predicted molar refractivity (Wildman–Crippen MR) is 97.2 cm³/mol. The zero-order valence-corrected chi connectivity index (χ0v) is 15.2. The first-order valence-corrected chi connectivity index (χ1v) is 10.3. The highest BCUT2D eigenvalue weighted by Gasteiger charge is 2.34. The van der Waals surface area contributed by atoms with E-state index in [4.69, 9.17) is 4.74 Å². The molecule has 2 fully saturated rings. The molecule has 1 atom stereocenters. The van der Waals surface area contributed by atoms with Crippen LogP contribution >= 0.6 is 0 Å². The molecule has 1 amide bonds. The van der Waals surface area contributed by atoms with Gasteiger partial charge < -0.3 is 9.64 Å². The number of carbonyl (C=O) groups is 1. The van der Waals surface area contributed by atoms with Crippen molar-refractivity contribution in [3.63, 3.8) is 0 Å². The molecule has 1 aromatic rings. The summed E-state index contributed by atoms with van der Waals surface area (Å²) in [5.74, 6) is 1.26. The zero-order valence-electron chi connectivity index (χ0n) is 14.4. The molecule has 136 valence electrons. The van der Waals surface area contributed by atoms with E-state index in [1.165, 1.54) is 0 Å². The van der Waals surface area contributed by atoms with Crippen LogP contribution in [0.3, 0.4) is 0 Å². The van der Waals surface area contributed by atoms with E-state index >= 15 is 0 Å². The summed E-state index contributed by atoms with van der Waals surface area (Å²) in [6, 6.07) is 7.67. The van der Waals surface area contributed by atoms with Crippen molar-refractivity contribution < 1.29 is 17.9 Å². The van der Waals surface area contributed by atoms with Gasteiger partial charge in [0.25, 0.3) is 0 Å². The number of piperazine rings is 1. The van der Waals surface area contributed by atoms with E-state index in [9.17, 15) is 13.2 Å². The van der Waals surface area contributed by atoms with Gasteiger partial charge in [-0.25, -0.2) is 8.42 Å². The Hall–Kier alpha value is -1.86. The minimum absolute atomic E-state index is 0.0235. The van der Waals surface area contributed by atoms with E-state index in [-0.39, 0.29) is 17.7 Å². The maximum Gasteiger partial charge on any atom is 0.246 e. The Morgan fingerprint density at radius 2 is 1.92 bits per heavy atom. The number of amides is 1. The Bertz CT molecular complexity index is 752. The molecule has 0 spiro atoms. The fraction of sp³-hybridized carbons (Fsp3) is 0.500. The number of carbonyl (C=O) groups excluding carboxylic acids is 1. The summed E-state index contributed by atoms with van der Waals surface area (Å²) in [4.78, 5) is 16.4. The molecule has 3 rings (SSSR count). The number of ether oxygens (including phenoxy) is 1. The Morgan fingerprint density at radius 3 is 2.56 bits per heavy atom. The van der Waals surface area contributed by atoms with E-state index in [1.807, 2.05) is 29.2 Å². The molecule has 0 radical (unpaired) electrons. The molecular formula is C18H24N2O4S. The van der Waals surface area contributed by atoms with Crippen molar-refractivity contribution in [3.8, 4) is 5.75 Å². The minimum atomic E-state index is -2.87. The Balaban J connectivity index is 1.54. The fourth-order valence-corrected chi connectivity index (χ4v) is 5.20. The highest BCUT2D eigenvalue weighted by molar-refractivity contribution is 7.91. The molecule has 6 nitrogen and oxygen atoms in total. The lowest BCUT2D eigenvalue weighted by molar-refractivity contribution is -0.127. The minimum Gasteiger partial charge on any atom is -0.496 e. The maximum atomic E-state index is 12.4. The molecule has 0 N–H and O–H groups in total. The molecule has 2 aliphatic heterocycles. The topological polar surface area (TPSA) is 66.9 Å². The lowest BCUT2D eigenvalue weighted by Gasteiger charge is -2.37. The number of hydrogen-bond acceptors (Lipinski definition) is 5. The smallest absolute Gasteiger partial charge is 0.246 e. The van der Waals surface area contributed by atoms with Crippen LogP contribution in [0.25, 0.3) is 6.08 Å². The number of nitrogens with zero attached hydrogens (tertiary/aromatic N) is 2. The van der Waals surface area contributed by atoms with E-state index in [0.717, 1.165) is 24.4 Å². The van der Waals surface area contributed by atoms with Gasteiger partial charge in [0.1, 0.15) is 5.75 Å². The molecule has 0 aromatic heterocycles. The summed E-state index contributed by atoms with van der Waals surface area (Å²) in [6.45, 7) is 2.72. The van der Waals surface area contributed by atoms with Gasteiger partial charge in [-0.3, -0.25) is 9.69 Å². The van der Waals surface area contributed by atoms with Crippen molar-refractivity contribution in [2.75, 3.05) is 44.8 Å². The van der Waals surface area contributed by atoms with Gasteiger partial charge in [-0.05, 0) is 18.6 Å². The van der Waals surface area contributed by atoms with Crippen LogP contribution in [-0.2, 0) is 14.6 Å². The van der Waals surface area contributed by atoms with Gasteiger partial charge in [-0.2, -0.15) is 0 Å². The Morgan fingerprint density at radius 1 is 1.20 bits per heavy atom. The second-order valence-electron chi connectivity index (χ2n) is 6.49. The van der Waals surface area contributed by atoms with E-state index in [0.29, 0.717) is 25.3 Å². The average molecular weight is 364 g/mol. The molecule has 25 heavy (non-hydrogen) atoms. The Kier molecular flexibility index (Phi) is 5.44. The van der Waals surface area contributed by atoms with E-state index < -0.39 is 9.84 Å². The monoisotopic (exact) mass is 364 g/mol. The van der Waals surface area contributed by atoms with Crippen molar-refractivity contribution in [2.45, 2.75) is 12.5 Å². The third-order valence-electron chi connectivity index (χ3n) is 4.90. The number of sulfone groups is 1. The van der Waals surface area contributed by atoms with Crippen LogP contribution in [0, 0.1) is 0 Å². The van der Waals surface area contributed by atoms with Gasteiger partial charge in [-0.15, -0.1) is 0 Å². The summed E-state index contributed by atoms with van der Waals surface area (Å²) in [5.41, 5.74) is 0.869. The van der Waals surface area contributed by atoms with Crippen molar-refractivity contribution in [1.29, 1.82) is 0 Å². The molecule has 1 unspecified atom stereocenters. The molecule has 0 saturated carbocycles. The van der Waals surface area contributed by atoms with Gasteiger partial charge in [0.2, 0.25) is 5.91 Å². The van der Waals surface area contributed by atoms with Gasteiger partial charge >= 0.3 is 0 Å². The first-order valence-electron chi connectivity index (χ1n) is 8.53. The summed E-state index contributed by atoms with van der Waals surface area (Å²) >= 11 is 0. The molecule has 1 aromatic carbocycles. The molecule has 0 aliphatic carbocycles. The SMILES string of the molecule is COc1ccccc1/C=C/C(=O)N1CCN(C2CCS(=O)(=O)C2)CC1. The summed E-state index contributed by atoms with van der Waals surface area (Å²) in [6.07, 6.45) is 4.06. The van der Waals surface area contributed by atoms with Crippen molar-refractivity contribution >= 4 is 21.8 Å². The lowest BCUT2D eigenvalue weighted by atomic mass is 10.1. The standard InChI is InChI=1S/C18H24N2O4S/c1-24-17-5-3-2-4-15(17)6-7-18(21)20-11-9-19(10-12-20)16-8-13-25(22,23)14-16/h2-7,16H,8-14H2,1H3/b7-6+. The summed E-state index contributed by atoms with van der Waals surface area (Å²) < 4.78 is 28.5. The van der Waals surface area contributed by atoms with Crippen LogP contribution in [0.5, 0.6) is 5.75 Å². The number of methoxy groups -OCH3 is 1. The van der Waals surface area contributed by atoms with Gasteiger partial charge in [0.15, 0.2) is 9.84 Å². The van der Waals surface area contributed by atoms with E-state index in [1.54, 1.807) is 19.3 Å². The first kappa shape index (κ1) is 17.9. The van der Waals surface area contributed by atoms with Crippen LogP contribution in [-0.4, -0.2) is 75.0 Å². The van der Waals surface area contributed by atoms with Gasteiger partial charge in [0.05, 0.1) is 18.6 Å². The van der Waals surface area contributed by atoms with Crippen molar-refractivity contribution in [1.82, 2.24) is 9.80 Å². The second-order valence-corrected chi connectivity index (χ2v) is 8.72. The molecule has 7 heteroatoms.